The molecule has 0 bridgehead atoms. The molecule has 7 heteroatoms. The van der Waals surface area contributed by atoms with Crippen LogP contribution in [0.1, 0.15) is 5.56 Å². The Morgan fingerprint density at radius 1 is 1.12 bits per heavy atom. The average molecular weight is 355 g/mol. The van der Waals surface area contributed by atoms with Crippen molar-refractivity contribution in [2.45, 2.75) is 11.3 Å². The Labute approximate surface area is 151 Å². The van der Waals surface area contributed by atoms with Crippen molar-refractivity contribution < 1.29 is 4.79 Å². The molecule has 0 aliphatic carbocycles. The molecule has 0 unspecified atom stereocenters. The van der Waals surface area contributed by atoms with Gasteiger partial charge in [-0.05, 0) is 30.2 Å². The van der Waals surface area contributed by atoms with Crippen LogP contribution in [0, 0.1) is 0 Å². The number of amides is 1. The SMILES string of the molecule is O=C1CSc2ccc(CCN3CCN(c4ncccn4)CC3)cc2N1. The van der Waals surface area contributed by atoms with E-state index < -0.39 is 0 Å². The number of piperazine rings is 1. The maximum atomic E-state index is 11.5. The molecule has 1 N–H and O–H groups in total. The molecule has 130 valence electrons. The molecular formula is C18H21N5OS. The highest BCUT2D eigenvalue weighted by Crippen LogP contribution is 2.32. The van der Waals surface area contributed by atoms with Crippen LogP contribution in [-0.4, -0.2) is 59.3 Å². The molecular weight excluding hydrogens is 334 g/mol. The Balaban J connectivity index is 1.30. The van der Waals surface area contributed by atoms with Gasteiger partial charge in [0.25, 0.3) is 0 Å². The molecule has 2 aliphatic rings. The van der Waals surface area contributed by atoms with Crippen molar-refractivity contribution >= 4 is 29.3 Å². The minimum atomic E-state index is 0.0916. The van der Waals surface area contributed by atoms with E-state index in [4.69, 9.17) is 0 Å². The maximum absolute atomic E-state index is 11.5. The molecule has 2 aromatic rings. The third-order valence-corrected chi connectivity index (χ3v) is 5.67. The number of aromatic nitrogens is 2. The van der Waals surface area contributed by atoms with Crippen LogP contribution >= 0.6 is 11.8 Å². The van der Waals surface area contributed by atoms with E-state index in [-0.39, 0.29) is 5.91 Å². The number of anilines is 2. The summed E-state index contributed by atoms with van der Waals surface area (Å²) in [6, 6.07) is 8.27. The summed E-state index contributed by atoms with van der Waals surface area (Å²) in [6.07, 6.45) is 4.58. The number of hydrogen-bond donors (Lipinski definition) is 1. The van der Waals surface area contributed by atoms with Crippen LogP contribution in [0.5, 0.6) is 0 Å². The predicted molar refractivity (Wildman–Crippen MR) is 100 cm³/mol. The first-order valence-electron chi connectivity index (χ1n) is 8.58. The molecule has 1 saturated heterocycles. The maximum Gasteiger partial charge on any atom is 0.234 e. The summed E-state index contributed by atoms with van der Waals surface area (Å²) >= 11 is 1.61. The number of thioether (sulfide) groups is 1. The molecule has 0 radical (unpaired) electrons. The van der Waals surface area contributed by atoms with Gasteiger partial charge >= 0.3 is 0 Å². The van der Waals surface area contributed by atoms with Gasteiger partial charge in [-0.2, -0.15) is 0 Å². The Kier molecular flexibility index (Phi) is 4.85. The number of nitrogens with one attached hydrogen (secondary N) is 1. The second-order valence-electron chi connectivity index (χ2n) is 6.29. The van der Waals surface area contributed by atoms with E-state index in [0.29, 0.717) is 5.75 Å². The Hall–Kier alpha value is -2.12. The molecule has 1 fully saturated rings. The van der Waals surface area contributed by atoms with Crippen molar-refractivity contribution in [1.82, 2.24) is 14.9 Å². The number of hydrogen-bond acceptors (Lipinski definition) is 6. The number of fused-ring (bicyclic) bond motifs is 1. The topological polar surface area (TPSA) is 61.4 Å². The van der Waals surface area contributed by atoms with Gasteiger partial charge in [0, 0.05) is 50.0 Å². The van der Waals surface area contributed by atoms with Crippen LogP contribution in [0.25, 0.3) is 0 Å². The fraction of sp³-hybridized carbons (Fsp3) is 0.389. The molecule has 0 saturated carbocycles. The van der Waals surface area contributed by atoms with Gasteiger partial charge in [-0.1, -0.05) is 6.07 Å². The zero-order valence-electron chi connectivity index (χ0n) is 14.0. The lowest BCUT2D eigenvalue weighted by Gasteiger charge is -2.34. The first-order valence-corrected chi connectivity index (χ1v) is 9.56. The van der Waals surface area contributed by atoms with E-state index in [1.54, 1.807) is 24.2 Å². The third-order valence-electron chi connectivity index (χ3n) is 4.60. The second kappa shape index (κ2) is 7.41. The molecule has 3 heterocycles. The van der Waals surface area contributed by atoms with Gasteiger partial charge in [0.2, 0.25) is 11.9 Å². The van der Waals surface area contributed by atoms with Crippen LogP contribution in [0.2, 0.25) is 0 Å². The summed E-state index contributed by atoms with van der Waals surface area (Å²) in [5.74, 6) is 1.43. The summed E-state index contributed by atoms with van der Waals surface area (Å²) in [7, 11) is 0. The molecule has 1 aromatic carbocycles. The second-order valence-corrected chi connectivity index (χ2v) is 7.31. The lowest BCUT2D eigenvalue weighted by Crippen LogP contribution is -2.47. The van der Waals surface area contributed by atoms with Crippen molar-refractivity contribution in [3.63, 3.8) is 0 Å². The number of carbonyl (C=O) groups is 1. The highest BCUT2D eigenvalue weighted by atomic mass is 32.2. The lowest BCUT2D eigenvalue weighted by molar-refractivity contribution is -0.113. The first-order chi connectivity index (χ1) is 12.3. The predicted octanol–water partition coefficient (Wildman–Crippen LogP) is 1.89. The summed E-state index contributed by atoms with van der Waals surface area (Å²) in [5, 5.41) is 2.97. The third kappa shape index (κ3) is 3.93. The van der Waals surface area contributed by atoms with E-state index in [1.807, 2.05) is 6.07 Å². The van der Waals surface area contributed by atoms with E-state index in [1.165, 1.54) is 10.5 Å². The number of nitrogens with zero attached hydrogens (tertiary/aromatic N) is 4. The summed E-state index contributed by atoms with van der Waals surface area (Å²) in [4.78, 5) is 26.1. The molecule has 25 heavy (non-hydrogen) atoms. The molecule has 0 spiro atoms. The summed E-state index contributed by atoms with van der Waals surface area (Å²) < 4.78 is 0. The monoisotopic (exact) mass is 355 g/mol. The highest BCUT2D eigenvalue weighted by molar-refractivity contribution is 8.00. The molecule has 6 nitrogen and oxygen atoms in total. The van der Waals surface area contributed by atoms with Gasteiger partial charge in [0.05, 0.1) is 11.4 Å². The molecule has 4 rings (SSSR count). The Bertz CT molecular complexity index is 746. The smallest absolute Gasteiger partial charge is 0.234 e. The van der Waals surface area contributed by atoms with Crippen LogP contribution in [-0.2, 0) is 11.2 Å². The number of rotatable bonds is 4. The quantitative estimate of drug-likeness (QED) is 0.904. The van der Waals surface area contributed by atoms with Gasteiger partial charge in [-0.3, -0.25) is 9.69 Å². The largest absolute Gasteiger partial charge is 0.338 e. The van der Waals surface area contributed by atoms with Gasteiger partial charge in [-0.15, -0.1) is 11.8 Å². The average Bonchev–Trinajstić information content (AvgIpc) is 2.67. The van der Waals surface area contributed by atoms with Crippen molar-refractivity contribution in [2.75, 3.05) is 48.7 Å². The zero-order valence-corrected chi connectivity index (χ0v) is 14.8. The summed E-state index contributed by atoms with van der Waals surface area (Å²) in [6.45, 7) is 5.00. The molecule has 1 amide bonds. The van der Waals surface area contributed by atoms with E-state index in [9.17, 15) is 4.79 Å². The molecule has 1 aromatic heterocycles. The normalized spacial score (nSPS) is 17.9. The Morgan fingerprint density at radius 3 is 2.72 bits per heavy atom. The van der Waals surface area contributed by atoms with Gasteiger partial charge in [0.15, 0.2) is 0 Å². The van der Waals surface area contributed by atoms with E-state index in [2.05, 4.69) is 43.3 Å². The fourth-order valence-corrected chi connectivity index (χ4v) is 3.99. The van der Waals surface area contributed by atoms with Gasteiger partial charge in [0.1, 0.15) is 0 Å². The zero-order chi connectivity index (χ0) is 17.1. The first kappa shape index (κ1) is 16.4. The fourth-order valence-electron chi connectivity index (χ4n) is 3.20. The van der Waals surface area contributed by atoms with Crippen molar-refractivity contribution in [2.24, 2.45) is 0 Å². The standard InChI is InChI=1S/C18H21N5OS/c24-17-13-25-16-3-2-14(12-15(16)21-17)4-7-22-8-10-23(11-9-22)18-19-5-1-6-20-18/h1-3,5-6,12H,4,7-11,13H2,(H,21,24). The van der Waals surface area contributed by atoms with Crippen LogP contribution in [0.15, 0.2) is 41.6 Å². The van der Waals surface area contributed by atoms with Gasteiger partial charge < -0.3 is 10.2 Å². The molecule has 2 aliphatic heterocycles. The van der Waals surface area contributed by atoms with Crippen LogP contribution < -0.4 is 10.2 Å². The number of carbonyl (C=O) groups excluding carboxylic acids is 1. The minimum absolute atomic E-state index is 0.0916. The van der Waals surface area contributed by atoms with Crippen molar-refractivity contribution in [1.29, 1.82) is 0 Å². The molecule has 0 atom stereocenters. The minimum Gasteiger partial charge on any atom is -0.338 e. The van der Waals surface area contributed by atoms with Crippen molar-refractivity contribution in [3.8, 4) is 0 Å². The van der Waals surface area contributed by atoms with Crippen LogP contribution in [0.3, 0.4) is 0 Å². The number of benzene rings is 1. The van der Waals surface area contributed by atoms with Gasteiger partial charge in [-0.25, -0.2) is 9.97 Å². The summed E-state index contributed by atoms with van der Waals surface area (Å²) in [5.41, 5.74) is 2.24. The highest BCUT2D eigenvalue weighted by Gasteiger charge is 2.19. The van der Waals surface area contributed by atoms with Crippen LogP contribution in [0.4, 0.5) is 11.6 Å². The van der Waals surface area contributed by atoms with E-state index >= 15 is 0 Å². The van der Waals surface area contributed by atoms with E-state index in [0.717, 1.165) is 50.8 Å². The van der Waals surface area contributed by atoms with Crippen molar-refractivity contribution in [3.05, 3.63) is 42.2 Å². The lowest BCUT2D eigenvalue weighted by atomic mass is 10.1. The Morgan fingerprint density at radius 2 is 1.92 bits per heavy atom.